The average molecular weight is 344 g/mol. The van der Waals surface area contributed by atoms with Crippen molar-refractivity contribution in [3.05, 3.63) is 31.7 Å². The van der Waals surface area contributed by atoms with Crippen molar-refractivity contribution in [2.45, 2.75) is 6.42 Å². The number of benzene rings is 1. The summed E-state index contributed by atoms with van der Waals surface area (Å²) in [6.07, 6.45) is 5.49. The van der Waals surface area contributed by atoms with Crippen molar-refractivity contribution >= 4 is 44.8 Å². The number of amides is 1. The van der Waals surface area contributed by atoms with Crippen molar-refractivity contribution in [2.24, 2.45) is 5.92 Å². The van der Waals surface area contributed by atoms with Crippen LogP contribution in [0, 0.1) is 28.4 Å². The van der Waals surface area contributed by atoms with Gasteiger partial charge in [0.2, 0.25) is 5.91 Å². The fourth-order valence-electron chi connectivity index (χ4n) is 1.94. The molecule has 0 aromatic heterocycles. The number of anilines is 1. The van der Waals surface area contributed by atoms with Gasteiger partial charge in [-0.1, -0.05) is 11.6 Å². The number of nitro groups is 1. The quantitative estimate of drug-likeness (QED) is 0.471. The molecule has 1 amide bonds. The van der Waals surface area contributed by atoms with E-state index in [1.165, 1.54) is 17.0 Å². The zero-order valence-electron chi connectivity index (χ0n) is 9.60. The van der Waals surface area contributed by atoms with Crippen molar-refractivity contribution in [2.75, 3.05) is 11.4 Å². The van der Waals surface area contributed by atoms with E-state index in [-0.39, 0.29) is 36.2 Å². The van der Waals surface area contributed by atoms with E-state index < -0.39 is 4.92 Å². The van der Waals surface area contributed by atoms with E-state index in [0.29, 0.717) is 9.50 Å². The van der Waals surface area contributed by atoms with Gasteiger partial charge in [-0.3, -0.25) is 14.9 Å². The predicted molar refractivity (Wildman–Crippen MR) is 75.1 cm³/mol. The Labute approximate surface area is 122 Å². The second kappa shape index (κ2) is 5.19. The molecule has 0 saturated carbocycles. The molecule has 5 nitrogen and oxygen atoms in total. The van der Waals surface area contributed by atoms with Gasteiger partial charge < -0.3 is 4.90 Å². The minimum Gasteiger partial charge on any atom is -0.305 e. The van der Waals surface area contributed by atoms with Gasteiger partial charge >= 0.3 is 0 Å². The monoisotopic (exact) mass is 342 g/mol. The molecule has 0 spiro atoms. The molecule has 1 saturated heterocycles. The van der Waals surface area contributed by atoms with Crippen molar-refractivity contribution < 1.29 is 9.72 Å². The number of halogens is 2. The number of carbonyl (C=O) groups is 1. The van der Waals surface area contributed by atoms with Crippen LogP contribution in [0.3, 0.4) is 0 Å². The first-order chi connectivity index (χ1) is 8.93. The van der Waals surface area contributed by atoms with Gasteiger partial charge in [-0.05, 0) is 22.0 Å². The third kappa shape index (κ3) is 2.57. The molecule has 1 aromatic rings. The summed E-state index contributed by atoms with van der Waals surface area (Å²) in [5, 5.41) is 11.4. The molecule has 0 bridgehead atoms. The van der Waals surface area contributed by atoms with E-state index in [9.17, 15) is 14.9 Å². The molecule has 0 radical (unpaired) electrons. The number of nitro benzene ring substituents is 1. The largest absolute Gasteiger partial charge is 0.305 e. The lowest BCUT2D eigenvalue weighted by molar-refractivity contribution is -0.384. The number of rotatable bonds is 2. The summed E-state index contributed by atoms with van der Waals surface area (Å²) >= 11 is 9.06. The topological polar surface area (TPSA) is 63.5 Å². The molecule has 19 heavy (non-hydrogen) atoms. The molecule has 1 aliphatic rings. The summed E-state index contributed by atoms with van der Waals surface area (Å²) in [6.45, 7) is 0.272. The Balaban J connectivity index is 2.50. The molecular weight excluding hydrogens is 336 g/mol. The Morgan fingerprint density at radius 3 is 2.79 bits per heavy atom. The minimum atomic E-state index is -0.549. The molecule has 0 N–H and O–H groups in total. The molecule has 98 valence electrons. The lowest BCUT2D eigenvalue weighted by Gasteiger charge is -2.16. The van der Waals surface area contributed by atoms with Crippen LogP contribution in [-0.2, 0) is 4.79 Å². The lowest BCUT2D eigenvalue weighted by atomic mass is 10.1. The first-order valence-electron chi connectivity index (χ1n) is 5.34. The van der Waals surface area contributed by atoms with Gasteiger partial charge in [-0.25, -0.2) is 0 Å². The van der Waals surface area contributed by atoms with Crippen molar-refractivity contribution in [1.82, 2.24) is 0 Å². The molecule has 1 aliphatic heterocycles. The Morgan fingerprint density at radius 2 is 2.26 bits per heavy atom. The highest BCUT2D eigenvalue weighted by Crippen LogP contribution is 2.38. The van der Waals surface area contributed by atoms with Gasteiger partial charge in [-0.15, -0.1) is 12.3 Å². The van der Waals surface area contributed by atoms with Crippen LogP contribution in [-0.4, -0.2) is 17.4 Å². The van der Waals surface area contributed by atoms with Crippen LogP contribution in [0.5, 0.6) is 0 Å². The maximum absolute atomic E-state index is 11.9. The number of hydrogen-bond acceptors (Lipinski definition) is 3. The normalized spacial score (nSPS) is 18.5. The zero-order chi connectivity index (χ0) is 14.2. The fourth-order valence-corrected chi connectivity index (χ4v) is 2.43. The van der Waals surface area contributed by atoms with Crippen LogP contribution in [0.2, 0.25) is 5.02 Å². The Kier molecular flexibility index (Phi) is 3.78. The first-order valence-corrected chi connectivity index (χ1v) is 6.51. The lowest BCUT2D eigenvalue weighted by Crippen LogP contribution is -2.25. The molecule has 7 heteroatoms. The average Bonchev–Trinajstić information content (AvgIpc) is 2.73. The Hall–Kier alpha value is -1.58. The summed E-state index contributed by atoms with van der Waals surface area (Å²) in [6, 6.07) is 2.69. The standard InChI is InChI=1S/C12H8BrClN2O3/c1-2-7-3-12(17)15(6-7)10-5-9(14)8(13)4-11(10)16(18)19/h1,4-5,7H,3,6H2. The molecule has 1 heterocycles. The van der Waals surface area contributed by atoms with Crippen LogP contribution in [0.15, 0.2) is 16.6 Å². The van der Waals surface area contributed by atoms with Crippen LogP contribution in [0.25, 0.3) is 0 Å². The van der Waals surface area contributed by atoms with Crippen LogP contribution in [0.4, 0.5) is 11.4 Å². The van der Waals surface area contributed by atoms with E-state index in [0.717, 1.165) is 0 Å². The number of hydrogen-bond donors (Lipinski definition) is 0. The third-order valence-corrected chi connectivity index (χ3v) is 4.06. The van der Waals surface area contributed by atoms with E-state index in [2.05, 4.69) is 21.9 Å². The van der Waals surface area contributed by atoms with Gasteiger partial charge in [0.25, 0.3) is 5.69 Å². The van der Waals surface area contributed by atoms with Crippen molar-refractivity contribution in [1.29, 1.82) is 0 Å². The van der Waals surface area contributed by atoms with Gasteiger partial charge in [0.1, 0.15) is 5.69 Å². The van der Waals surface area contributed by atoms with Crippen molar-refractivity contribution in [3.63, 3.8) is 0 Å². The van der Waals surface area contributed by atoms with Gasteiger partial charge in [0, 0.05) is 29.4 Å². The Morgan fingerprint density at radius 1 is 1.58 bits per heavy atom. The SMILES string of the molecule is C#CC1CC(=O)N(c2cc(Cl)c(Br)cc2[N+](=O)[O-])C1. The van der Waals surface area contributed by atoms with Gasteiger partial charge in [0.05, 0.1) is 9.95 Å². The fraction of sp³-hybridized carbons (Fsp3) is 0.250. The zero-order valence-corrected chi connectivity index (χ0v) is 11.9. The van der Waals surface area contributed by atoms with Gasteiger partial charge in [0.15, 0.2) is 0 Å². The van der Waals surface area contributed by atoms with Crippen LogP contribution in [0.1, 0.15) is 6.42 Å². The summed E-state index contributed by atoms with van der Waals surface area (Å²) < 4.78 is 0.407. The second-order valence-electron chi connectivity index (χ2n) is 4.08. The molecule has 1 unspecified atom stereocenters. The van der Waals surface area contributed by atoms with E-state index in [1.54, 1.807) is 0 Å². The minimum absolute atomic E-state index is 0.178. The maximum Gasteiger partial charge on any atom is 0.294 e. The predicted octanol–water partition coefficient (Wildman–Crippen LogP) is 3.00. The first kappa shape index (κ1) is 13.8. The Bertz CT molecular complexity index is 612. The molecular formula is C12H8BrClN2O3. The highest BCUT2D eigenvalue weighted by atomic mass is 79.9. The van der Waals surface area contributed by atoms with E-state index >= 15 is 0 Å². The van der Waals surface area contributed by atoms with Gasteiger partial charge in [-0.2, -0.15) is 0 Å². The van der Waals surface area contributed by atoms with E-state index in [4.69, 9.17) is 18.0 Å². The summed E-state index contributed by atoms with van der Waals surface area (Å²) in [5.41, 5.74) is 0.00301. The second-order valence-corrected chi connectivity index (χ2v) is 5.35. The molecule has 1 fully saturated rings. The number of terminal acetylenes is 1. The van der Waals surface area contributed by atoms with Crippen LogP contribution >= 0.6 is 27.5 Å². The molecule has 2 rings (SSSR count). The molecule has 1 atom stereocenters. The molecule has 1 aromatic carbocycles. The molecule has 0 aliphatic carbocycles. The highest BCUT2D eigenvalue weighted by molar-refractivity contribution is 9.10. The summed E-state index contributed by atoms with van der Waals surface area (Å²) in [4.78, 5) is 23.7. The van der Waals surface area contributed by atoms with Crippen LogP contribution < -0.4 is 4.90 Å². The van der Waals surface area contributed by atoms with Crippen molar-refractivity contribution in [3.8, 4) is 12.3 Å². The van der Waals surface area contributed by atoms with E-state index in [1.807, 2.05) is 0 Å². The third-order valence-electron chi connectivity index (χ3n) is 2.87. The number of carbonyl (C=O) groups excluding carboxylic acids is 1. The summed E-state index contributed by atoms with van der Waals surface area (Å²) in [7, 11) is 0. The smallest absolute Gasteiger partial charge is 0.294 e. The summed E-state index contributed by atoms with van der Waals surface area (Å²) in [5.74, 6) is 2.03. The number of nitrogens with zero attached hydrogens (tertiary/aromatic N) is 2. The maximum atomic E-state index is 11.9. The highest BCUT2D eigenvalue weighted by Gasteiger charge is 2.33.